The summed E-state index contributed by atoms with van der Waals surface area (Å²) in [6, 6.07) is 8.57. The first-order chi connectivity index (χ1) is 9.05. The average Bonchev–Trinajstić information content (AvgIpc) is 2.92. The van der Waals surface area contributed by atoms with Crippen LogP contribution in [0.4, 0.5) is 4.79 Å². The monoisotopic (exact) mass is 276 g/mol. The highest BCUT2D eigenvalue weighted by molar-refractivity contribution is 7.94. The zero-order valence-electron chi connectivity index (χ0n) is 9.98. The molecule has 1 N–H and O–H groups in total. The summed E-state index contributed by atoms with van der Waals surface area (Å²) in [7, 11) is -3.16. The normalized spacial score (nSPS) is 20.7. The Labute approximate surface area is 110 Å². The number of amides is 1. The van der Waals surface area contributed by atoms with Gasteiger partial charge in [0.15, 0.2) is 9.84 Å². The Morgan fingerprint density at radius 2 is 2.05 bits per heavy atom. The van der Waals surface area contributed by atoms with Gasteiger partial charge in [0, 0.05) is 17.0 Å². The summed E-state index contributed by atoms with van der Waals surface area (Å²) in [6.45, 7) is 0. The minimum atomic E-state index is -3.16. The van der Waals surface area contributed by atoms with Gasteiger partial charge in [0.25, 0.3) is 0 Å². The summed E-state index contributed by atoms with van der Waals surface area (Å²) >= 11 is 0. The molecular weight excluding hydrogens is 264 g/mol. The zero-order chi connectivity index (χ0) is 13.5. The van der Waals surface area contributed by atoms with Crippen molar-refractivity contribution in [2.24, 2.45) is 0 Å². The highest BCUT2D eigenvalue weighted by Crippen LogP contribution is 2.15. The van der Waals surface area contributed by atoms with Crippen molar-refractivity contribution in [1.82, 2.24) is 9.88 Å². The number of sulfone groups is 1. The number of rotatable bonds is 1. The summed E-state index contributed by atoms with van der Waals surface area (Å²) in [6.07, 6.45) is 3.17. The largest absolute Gasteiger partial charge is 0.330 e. The molecule has 0 spiro atoms. The van der Waals surface area contributed by atoms with Gasteiger partial charge in [0.05, 0.1) is 17.3 Å². The Kier molecular flexibility index (Phi) is 2.67. The fourth-order valence-corrected chi connectivity index (χ4v) is 3.39. The van der Waals surface area contributed by atoms with Crippen LogP contribution in [0.3, 0.4) is 0 Å². The fourth-order valence-electron chi connectivity index (χ4n) is 2.15. The lowest BCUT2D eigenvalue weighted by Crippen LogP contribution is -2.37. The summed E-state index contributed by atoms with van der Waals surface area (Å²) in [5.74, 6) is -0.0715. The highest BCUT2D eigenvalue weighted by atomic mass is 32.2. The van der Waals surface area contributed by atoms with Crippen LogP contribution in [-0.2, 0) is 9.84 Å². The maximum absolute atomic E-state index is 12.1. The van der Waals surface area contributed by atoms with Crippen molar-refractivity contribution in [3.8, 4) is 0 Å². The van der Waals surface area contributed by atoms with Gasteiger partial charge < -0.3 is 5.32 Å². The van der Waals surface area contributed by atoms with Crippen LogP contribution in [0.15, 0.2) is 48.0 Å². The molecule has 0 saturated heterocycles. The lowest BCUT2D eigenvalue weighted by Gasteiger charge is -2.11. The lowest BCUT2D eigenvalue weighted by atomic mass is 10.2. The van der Waals surface area contributed by atoms with Crippen LogP contribution in [0.1, 0.15) is 0 Å². The van der Waals surface area contributed by atoms with Crippen LogP contribution in [0.5, 0.6) is 0 Å². The van der Waals surface area contributed by atoms with Crippen LogP contribution in [0.2, 0.25) is 0 Å². The molecule has 3 rings (SSSR count). The first-order valence-corrected chi connectivity index (χ1v) is 7.55. The van der Waals surface area contributed by atoms with Gasteiger partial charge in [0.1, 0.15) is 0 Å². The SMILES string of the molecule is O=C(NC1C=CS(=O)(=O)C1)n1ccc2ccccc21. The van der Waals surface area contributed by atoms with Crippen LogP contribution in [0, 0.1) is 0 Å². The van der Waals surface area contributed by atoms with Gasteiger partial charge in [0.2, 0.25) is 0 Å². The van der Waals surface area contributed by atoms with E-state index in [1.54, 1.807) is 6.20 Å². The predicted molar refractivity (Wildman–Crippen MR) is 72.6 cm³/mol. The number of aromatic nitrogens is 1. The maximum atomic E-state index is 12.1. The molecule has 0 aliphatic carbocycles. The molecule has 1 aliphatic rings. The summed E-state index contributed by atoms with van der Waals surface area (Å²) in [5.41, 5.74) is 0.796. The van der Waals surface area contributed by atoms with Crippen LogP contribution in [0.25, 0.3) is 10.9 Å². The Bertz CT molecular complexity index is 774. The Hall–Kier alpha value is -2.08. The van der Waals surface area contributed by atoms with Crippen LogP contribution >= 0.6 is 0 Å². The molecule has 6 heteroatoms. The van der Waals surface area contributed by atoms with Crippen molar-refractivity contribution in [3.05, 3.63) is 48.0 Å². The molecule has 1 amide bonds. The van der Waals surface area contributed by atoms with E-state index < -0.39 is 15.9 Å². The third-order valence-corrected chi connectivity index (χ3v) is 4.45. The highest BCUT2D eigenvalue weighted by Gasteiger charge is 2.23. The second-order valence-corrected chi connectivity index (χ2v) is 6.39. The second-order valence-electron chi connectivity index (χ2n) is 4.46. The minimum absolute atomic E-state index is 0.0715. The van der Waals surface area contributed by atoms with Crippen molar-refractivity contribution in [2.45, 2.75) is 6.04 Å². The number of nitrogens with zero attached hydrogens (tertiary/aromatic N) is 1. The van der Waals surface area contributed by atoms with E-state index in [-0.39, 0.29) is 11.8 Å². The maximum Gasteiger partial charge on any atom is 0.326 e. The van der Waals surface area contributed by atoms with Gasteiger partial charge in [-0.05, 0) is 18.2 Å². The van der Waals surface area contributed by atoms with E-state index in [9.17, 15) is 13.2 Å². The Balaban J connectivity index is 1.84. The molecule has 98 valence electrons. The molecule has 1 unspecified atom stereocenters. The third-order valence-electron chi connectivity index (χ3n) is 3.06. The van der Waals surface area contributed by atoms with Gasteiger partial charge in [-0.2, -0.15) is 0 Å². The molecule has 1 aliphatic heterocycles. The smallest absolute Gasteiger partial charge is 0.326 e. The quantitative estimate of drug-likeness (QED) is 0.858. The summed E-state index contributed by atoms with van der Waals surface area (Å²) < 4.78 is 24.0. The molecule has 1 atom stereocenters. The van der Waals surface area contributed by atoms with Gasteiger partial charge in [-0.1, -0.05) is 18.2 Å². The molecule has 2 heterocycles. The number of carbonyl (C=O) groups is 1. The van der Waals surface area contributed by atoms with Crippen LogP contribution < -0.4 is 5.32 Å². The van der Waals surface area contributed by atoms with E-state index in [0.717, 1.165) is 16.3 Å². The van der Waals surface area contributed by atoms with Gasteiger partial charge in [-0.3, -0.25) is 4.57 Å². The van der Waals surface area contributed by atoms with Gasteiger partial charge in [-0.15, -0.1) is 0 Å². The van der Waals surface area contributed by atoms with Crippen LogP contribution in [-0.4, -0.2) is 30.8 Å². The standard InChI is InChI=1S/C13H12N2O3S/c16-13(14-11-6-8-19(17,18)9-11)15-7-5-10-3-1-2-4-12(10)15/h1-8,11H,9H2,(H,14,16). The number of benzene rings is 1. The Morgan fingerprint density at radius 1 is 1.26 bits per heavy atom. The summed E-state index contributed by atoms with van der Waals surface area (Å²) in [5, 5.41) is 4.80. The van der Waals surface area contributed by atoms with Crippen molar-refractivity contribution >= 4 is 26.8 Å². The van der Waals surface area contributed by atoms with Crippen molar-refractivity contribution in [3.63, 3.8) is 0 Å². The molecule has 0 saturated carbocycles. The van der Waals surface area contributed by atoms with Crippen molar-refractivity contribution in [2.75, 3.05) is 5.75 Å². The van der Waals surface area contributed by atoms with Gasteiger partial charge in [-0.25, -0.2) is 13.2 Å². The average molecular weight is 276 g/mol. The van der Waals surface area contributed by atoms with E-state index in [4.69, 9.17) is 0 Å². The van der Waals surface area contributed by atoms with E-state index in [2.05, 4.69) is 5.32 Å². The number of para-hydroxylation sites is 1. The summed E-state index contributed by atoms with van der Waals surface area (Å²) in [4.78, 5) is 12.1. The molecule has 0 radical (unpaired) electrons. The topological polar surface area (TPSA) is 68.2 Å². The lowest BCUT2D eigenvalue weighted by molar-refractivity contribution is 0.242. The van der Waals surface area contributed by atoms with Crippen molar-refractivity contribution in [1.29, 1.82) is 0 Å². The predicted octanol–water partition coefficient (Wildman–Crippen LogP) is 1.51. The number of fused-ring (bicyclic) bond motifs is 1. The molecular formula is C13H12N2O3S. The molecule has 1 aromatic carbocycles. The molecule has 5 nitrogen and oxygen atoms in total. The van der Waals surface area contributed by atoms with Crippen molar-refractivity contribution < 1.29 is 13.2 Å². The van der Waals surface area contributed by atoms with E-state index >= 15 is 0 Å². The number of carbonyl (C=O) groups excluding carboxylic acids is 1. The first kappa shape index (κ1) is 12.0. The second kappa shape index (κ2) is 4.24. The number of hydrogen-bond acceptors (Lipinski definition) is 3. The fraction of sp³-hybridized carbons (Fsp3) is 0.154. The number of hydrogen-bond donors (Lipinski definition) is 1. The Morgan fingerprint density at radius 3 is 2.79 bits per heavy atom. The molecule has 2 aromatic rings. The zero-order valence-corrected chi connectivity index (χ0v) is 10.8. The molecule has 0 fully saturated rings. The molecule has 1 aromatic heterocycles. The van der Waals surface area contributed by atoms with Gasteiger partial charge >= 0.3 is 6.03 Å². The molecule has 19 heavy (non-hydrogen) atoms. The minimum Gasteiger partial charge on any atom is -0.330 e. The molecule has 0 bridgehead atoms. The first-order valence-electron chi connectivity index (χ1n) is 5.83. The van der Waals surface area contributed by atoms with E-state index in [1.807, 2.05) is 30.3 Å². The van der Waals surface area contributed by atoms with E-state index in [0.29, 0.717) is 0 Å². The third kappa shape index (κ3) is 2.26. The number of nitrogens with one attached hydrogen (secondary N) is 1. The van der Waals surface area contributed by atoms with E-state index in [1.165, 1.54) is 10.6 Å².